The zero-order chi connectivity index (χ0) is 15.1. The Balaban J connectivity index is 1.67. The maximum Gasteiger partial charge on any atom is 0.118 e. The van der Waals surface area contributed by atoms with Gasteiger partial charge in [-0.05, 0) is 49.8 Å². The van der Waals surface area contributed by atoms with Crippen LogP contribution in [0.25, 0.3) is 0 Å². The number of ether oxygens (including phenoxy) is 1. The maximum absolute atomic E-state index is 6.39. The molecule has 0 spiro atoms. The first-order valence-electron chi connectivity index (χ1n) is 8.24. The third-order valence-corrected chi connectivity index (χ3v) is 4.88. The highest BCUT2D eigenvalue weighted by Gasteiger charge is 2.34. The average Bonchev–Trinajstić information content (AvgIpc) is 3.32. The van der Waals surface area contributed by atoms with Crippen LogP contribution in [0.2, 0.25) is 0 Å². The van der Waals surface area contributed by atoms with Gasteiger partial charge in [-0.2, -0.15) is 5.10 Å². The van der Waals surface area contributed by atoms with Crippen molar-refractivity contribution < 1.29 is 4.74 Å². The molecule has 1 heterocycles. The summed E-state index contributed by atoms with van der Waals surface area (Å²) >= 11 is 0. The smallest absolute Gasteiger partial charge is 0.118 e. The van der Waals surface area contributed by atoms with Gasteiger partial charge in [-0.15, -0.1) is 0 Å². The predicted octanol–water partition coefficient (Wildman–Crippen LogP) is 3.15. The van der Waals surface area contributed by atoms with Crippen molar-refractivity contribution in [2.75, 3.05) is 7.11 Å². The molecule has 2 aromatic rings. The average molecular weight is 297 g/mol. The van der Waals surface area contributed by atoms with Gasteiger partial charge in [0.05, 0.1) is 19.3 Å². The van der Waals surface area contributed by atoms with Gasteiger partial charge in [-0.1, -0.05) is 12.1 Å². The van der Waals surface area contributed by atoms with Gasteiger partial charge in [0.15, 0.2) is 0 Å². The number of hydrogen-bond donors (Lipinski definition) is 1. The number of methoxy groups -OCH3 is 1. The van der Waals surface area contributed by atoms with Crippen LogP contribution < -0.4 is 10.5 Å². The van der Waals surface area contributed by atoms with Crippen molar-refractivity contribution in [3.8, 4) is 5.75 Å². The van der Waals surface area contributed by atoms with E-state index in [0.717, 1.165) is 25.1 Å². The molecule has 4 rings (SSSR count). The van der Waals surface area contributed by atoms with E-state index in [9.17, 15) is 0 Å². The van der Waals surface area contributed by atoms with Crippen LogP contribution >= 0.6 is 0 Å². The first-order chi connectivity index (χ1) is 10.8. The summed E-state index contributed by atoms with van der Waals surface area (Å²) in [6.45, 7) is 0.825. The topological polar surface area (TPSA) is 53.1 Å². The molecule has 2 aliphatic carbocycles. The van der Waals surface area contributed by atoms with Crippen molar-refractivity contribution in [2.24, 2.45) is 5.73 Å². The fraction of sp³-hybridized carbons (Fsp3) is 0.500. The van der Waals surface area contributed by atoms with Crippen LogP contribution in [-0.2, 0) is 13.0 Å². The standard InChI is InChI=1S/C18H23N3O/c1-22-14-9-5-12(6-10-14)11-21-16-4-2-3-15(19)17(16)18(20-21)13-7-8-13/h5-6,9-10,13,15H,2-4,7-8,11,19H2,1H3. The van der Waals surface area contributed by atoms with Crippen LogP contribution in [0.15, 0.2) is 24.3 Å². The number of aromatic nitrogens is 2. The van der Waals surface area contributed by atoms with E-state index in [1.165, 1.54) is 41.8 Å². The number of fused-ring (bicyclic) bond motifs is 1. The lowest BCUT2D eigenvalue weighted by Crippen LogP contribution is -2.19. The zero-order valence-corrected chi connectivity index (χ0v) is 13.1. The zero-order valence-electron chi connectivity index (χ0n) is 13.1. The van der Waals surface area contributed by atoms with E-state index in [0.29, 0.717) is 5.92 Å². The predicted molar refractivity (Wildman–Crippen MR) is 86.2 cm³/mol. The fourth-order valence-electron chi connectivity index (χ4n) is 3.53. The van der Waals surface area contributed by atoms with Crippen molar-refractivity contribution in [1.29, 1.82) is 0 Å². The number of nitrogens with zero attached hydrogens (tertiary/aromatic N) is 2. The Labute approximate surface area is 131 Å². The van der Waals surface area contributed by atoms with Gasteiger partial charge >= 0.3 is 0 Å². The number of benzene rings is 1. The van der Waals surface area contributed by atoms with Crippen molar-refractivity contribution >= 4 is 0 Å². The summed E-state index contributed by atoms with van der Waals surface area (Å²) in [5, 5.41) is 4.95. The summed E-state index contributed by atoms with van der Waals surface area (Å²) in [5.41, 5.74) is 11.7. The molecule has 0 bridgehead atoms. The van der Waals surface area contributed by atoms with Crippen LogP contribution in [0.3, 0.4) is 0 Å². The first kappa shape index (κ1) is 13.8. The van der Waals surface area contributed by atoms with E-state index < -0.39 is 0 Å². The first-order valence-corrected chi connectivity index (χ1v) is 8.24. The van der Waals surface area contributed by atoms with E-state index in [4.69, 9.17) is 15.6 Å². The molecule has 1 atom stereocenters. The van der Waals surface area contributed by atoms with E-state index >= 15 is 0 Å². The molecule has 0 aliphatic heterocycles. The van der Waals surface area contributed by atoms with Crippen LogP contribution in [0, 0.1) is 0 Å². The molecular formula is C18H23N3O. The van der Waals surface area contributed by atoms with Gasteiger partial charge in [0.25, 0.3) is 0 Å². The molecule has 4 heteroatoms. The van der Waals surface area contributed by atoms with Gasteiger partial charge in [0.2, 0.25) is 0 Å². The Morgan fingerprint density at radius 1 is 1.23 bits per heavy atom. The molecule has 1 unspecified atom stereocenters. The SMILES string of the molecule is COc1ccc(Cn2nc(C3CC3)c3c2CCCC3N)cc1. The molecule has 2 N–H and O–H groups in total. The second-order valence-electron chi connectivity index (χ2n) is 6.52. The Hall–Kier alpha value is -1.81. The monoisotopic (exact) mass is 297 g/mol. The van der Waals surface area contributed by atoms with E-state index in [1.807, 2.05) is 12.1 Å². The van der Waals surface area contributed by atoms with E-state index in [1.54, 1.807) is 7.11 Å². The second-order valence-corrected chi connectivity index (χ2v) is 6.52. The molecular weight excluding hydrogens is 274 g/mol. The Morgan fingerprint density at radius 3 is 2.68 bits per heavy atom. The Morgan fingerprint density at radius 2 is 2.00 bits per heavy atom. The minimum atomic E-state index is 0.184. The largest absolute Gasteiger partial charge is 0.497 e. The quantitative estimate of drug-likeness (QED) is 0.943. The Bertz CT molecular complexity index is 670. The second kappa shape index (κ2) is 5.43. The molecule has 4 nitrogen and oxygen atoms in total. The lowest BCUT2D eigenvalue weighted by atomic mass is 9.90. The molecule has 22 heavy (non-hydrogen) atoms. The third kappa shape index (κ3) is 2.41. The van der Waals surface area contributed by atoms with Gasteiger partial charge < -0.3 is 10.5 Å². The molecule has 1 fully saturated rings. The van der Waals surface area contributed by atoms with Crippen LogP contribution in [0.1, 0.15) is 60.2 Å². The minimum Gasteiger partial charge on any atom is -0.497 e. The maximum atomic E-state index is 6.39. The molecule has 1 aromatic carbocycles. The number of rotatable bonds is 4. The highest BCUT2D eigenvalue weighted by atomic mass is 16.5. The van der Waals surface area contributed by atoms with Crippen molar-refractivity contribution in [3.05, 3.63) is 46.8 Å². The lowest BCUT2D eigenvalue weighted by molar-refractivity contribution is 0.414. The summed E-state index contributed by atoms with van der Waals surface area (Å²) in [6, 6.07) is 8.44. The van der Waals surface area contributed by atoms with E-state index in [-0.39, 0.29) is 6.04 Å². The molecule has 2 aliphatic rings. The van der Waals surface area contributed by atoms with Crippen LogP contribution in [0.4, 0.5) is 0 Å². The fourth-order valence-corrected chi connectivity index (χ4v) is 3.53. The number of hydrogen-bond acceptors (Lipinski definition) is 3. The van der Waals surface area contributed by atoms with Gasteiger partial charge in [-0.25, -0.2) is 0 Å². The third-order valence-electron chi connectivity index (χ3n) is 4.88. The van der Waals surface area contributed by atoms with E-state index in [2.05, 4.69) is 16.8 Å². The van der Waals surface area contributed by atoms with Crippen molar-refractivity contribution in [3.63, 3.8) is 0 Å². The summed E-state index contributed by atoms with van der Waals surface area (Å²) in [5.74, 6) is 1.56. The minimum absolute atomic E-state index is 0.184. The van der Waals surface area contributed by atoms with Gasteiger partial charge in [-0.3, -0.25) is 4.68 Å². The van der Waals surface area contributed by atoms with Crippen LogP contribution in [-0.4, -0.2) is 16.9 Å². The summed E-state index contributed by atoms with van der Waals surface area (Å²) in [4.78, 5) is 0. The summed E-state index contributed by atoms with van der Waals surface area (Å²) < 4.78 is 7.43. The van der Waals surface area contributed by atoms with Crippen molar-refractivity contribution in [2.45, 2.75) is 50.6 Å². The number of nitrogens with two attached hydrogens (primary N) is 1. The summed E-state index contributed by atoms with van der Waals surface area (Å²) in [7, 11) is 1.70. The molecule has 116 valence electrons. The van der Waals surface area contributed by atoms with Gasteiger partial charge in [0.1, 0.15) is 5.75 Å². The van der Waals surface area contributed by atoms with Crippen LogP contribution in [0.5, 0.6) is 5.75 Å². The van der Waals surface area contributed by atoms with Crippen molar-refractivity contribution in [1.82, 2.24) is 9.78 Å². The molecule has 1 saturated carbocycles. The highest BCUT2D eigenvalue weighted by molar-refractivity contribution is 5.37. The molecule has 0 amide bonds. The molecule has 0 radical (unpaired) electrons. The normalized spacial score (nSPS) is 20.7. The molecule has 0 saturated heterocycles. The Kier molecular flexibility index (Phi) is 3.41. The molecule has 1 aromatic heterocycles. The van der Waals surface area contributed by atoms with Gasteiger partial charge in [0, 0.05) is 23.2 Å². The summed E-state index contributed by atoms with van der Waals surface area (Å²) in [6.07, 6.45) is 5.93. The lowest BCUT2D eigenvalue weighted by Gasteiger charge is -2.20. The highest BCUT2D eigenvalue weighted by Crippen LogP contribution is 2.45.